The highest BCUT2D eigenvalue weighted by Crippen LogP contribution is 2.31. The van der Waals surface area contributed by atoms with E-state index in [0.29, 0.717) is 18.9 Å². The van der Waals surface area contributed by atoms with Crippen LogP contribution in [0, 0.1) is 11.3 Å². The van der Waals surface area contributed by atoms with Crippen LogP contribution in [-0.2, 0) is 14.3 Å². The summed E-state index contributed by atoms with van der Waals surface area (Å²) in [6, 6.07) is -1.04. The first-order valence-electron chi connectivity index (χ1n) is 9.87. The number of imide groups is 1. The molecule has 0 aromatic heterocycles. The van der Waals surface area contributed by atoms with E-state index in [0.717, 1.165) is 31.5 Å². The Hall–Kier alpha value is -2.12. The summed E-state index contributed by atoms with van der Waals surface area (Å²) in [6.07, 6.45) is 4.42. The van der Waals surface area contributed by atoms with Gasteiger partial charge in [-0.1, -0.05) is 19.8 Å². The molecular weight excluding hydrogens is 348 g/mol. The van der Waals surface area contributed by atoms with E-state index in [9.17, 15) is 14.4 Å². The molecule has 3 aliphatic rings. The molecule has 0 bridgehead atoms. The van der Waals surface area contributed by atoms with Crippen molar-refractivity contribution in [3.05, 3.63) is 0 Å². The molecule has 2 fully saturated rings. The lowest BCUT2D eigenvalue weighted by Gasteiger charge is -2.40. The van der Waals surface area contributed by atoms with E-state index in [4.69, 9.17) is 4.74 Å². The van der Waals surface area contributed by atoms with Crippen molar-refractivity contribution >= 4 is 23.7 Å². The molecule has 1 saturated heterocycles. The second kappa shape index (κ2) is 7.48. The fourth-order valence-electron chi connectivity index (χ4n) is 3.79. The maximum atomic E-state index is 12.9. The number of ether oxygens (including phenoxy) is 1. The Morgan fingerprint density at radius 2 is 1.93 bits per heavy atom. The van der Waals surface area contributed by atoms with Gasteiger partial charge in [-0.05, 0) is 40.0 Å². The summed E-state index contributed by atoms with van der Waals surface area (Å²) >= 11 is 0. The van der Waals surface area contributed by atoms with Gasteiger partial charge in [0.1, 0.15) is 11.9 Å². The highest BCUT2D eigenvalue weighted by molar-refractivity contribution is 6.04. The molecule has 0 spiro atoms. The molecule has 8 heteroatoms. The van der Waals surface area contributed by atoms with Crippen molar-refractivity contribution < 1.29 is 19.1 Å². The van der Waals surface area contributed by atoms with Gasteiger partial charge in [-0.3, -0.25) is 19.4 Å². The van der Waals surface area contributed by atoms with E-state index in [2.05, 4.69) is 10.3 Å². The number of amidine groups is 1. The third kappa shape index (κ3) is 3.80. The summed E-state index contributed by atoms with van der Waals surface area (Å²) < 4.78 is 5.38. The number of nitrogens with one attached hydrogen (secondary N) is 1. The van der Waals surface area contributed by atoms with Crippen LogP contribution in [0.3, 0.4) is 0 Å². The maximum absolute atomic E-state index is 12.9. The smallest absolute Gasteiger partial charge is 0.331 e. The quantitative estimate of drug-likeness (QED) is 0.740. The lowest BCUT2D eigenvalue weighted by atomic mass is 9.97. The molecule has 1 aliphatic carbocycles. The van der Waals surface area contributed by atoms with Crippen LogP contribution in [0.5, 0.6) is 0 Å². The summed E-state index contributed by atoms with van der Waals surface area (Å²) in [4.78, 5) is 45.2. The first-order valence-corrected chi connectivity index (χ1v) is 9.87. The van der Waals surface area contributed by atoms with Crippen molar-refractivity contribution in [3.8, 4) is 0 Å². The summed E-state index contributed by atoms with van der Waals surface area (Å²) in [5.74, 6) is 0.491. The molecule has 0 aromatic rings. The molecular formula is C19H30N4O4. The van der Waals surface area contributed by atoms with Crippen LogP contribution < -0.4 is 5.32 Å². The molecule has 0 aromatic carbocycles. The van der Waals surface area contributed by atoms with Crippen molar-refractivity contribution in [2.45, 2.75) is 72.0 Å². The minimum Gasteiger partial charge on any atom is -0.444 e. The molecule has 2 aliphatic heterocycles. The van der Waals surface area contributed by atoms with Crippen LogP contribution in [-0.4, -0.2) is 59.0 Å². The lowest BCUT2D eigenvalue weighted by Crippen LogP contribution is -2.66. The molecule has 3 rings (SSSR count). The minimum absolute atomic E-state index is 0.202. The largest absolute Gasteiger partial charge is 0.444 e. The maximum Gasteiger partial charge on any atom is 0.331 e. The van der Waals surface area contributed by atoms with Gasteiger partial charge in [0.2, 0.25) is 0 Å². The van der Waals surface area contributed by atoms with E-state index in [1.165, 1.54) is 9.80 Å². The minimum atomic E-state index is -0.663. The van der Waals surface area contributed by atoms with E-state index >= 15 is 0 Å². The Labute approximate surface area is 160 Å². The Kier molecular flexibility index (Phi) is 5.44. The standard InChI is InChI=1S/C19H30N4O4/c1-5-10-22-16(24)13-15(21-14(20-13)12-8-6-7-9-12)23(18(22)26)11-27-17(25)19(2,3)4/h12-13,15H,5-11H2,1-4H3,(H,20,21). The second-order valence-electron chi connectivity index (χ2n) is 8.58. The lowest BCUT2D eigenvalue weighted by molar-refractivity contribution is -0.158. The first-order chi connectivity index (χ1) is 12.7. The number of carbonyl (C=O) groups is 3. The number of amides is 3. The molecule has 2 atom stereocenters. The number of carbonyl (C=O) groups excluding carboxylic acids is 3. The SMILES string of the molecule is CCCN1C(=O)C2NC(C3CCCC3)=NC2N(COC(=O)C(C)(C)C)C1=O. The van der Waals surface area contributed by atoms with Gasteiger partial charge in [-0.2, -0.15) is 0 Å². The number of hydrogen-bond acceptors (Lipinski definition) is 6. The number of rotatable bonds is 5. The predicted octanol–water partition coefficient (Wildman–Crippen LogP) is 2.09. The second-order valence-corrected chi connectivity index (χ2v) is 8.58. The average molecular weight is 378 g/mol. The van der Waals surface area contributed by atoms with Gasteiger partial charge < -0.3 is 10.1 Å². The van der Waals surface area contributed by atoms with Crippen LogP contribution in [0.1, 0.15) is 59.8 Å². The third-order valence-electron chi connectivity index (χ3n) is 5.34. The van der Waals surface area contributed by atoms with Crippen LogP contribution in [0.15, 0.2) is 4.99 Å². The Morgan fingerprint density at radius 1 is 1.26 bits per heavy atom. The van der Waals surface area contributed by atoms with E-state index in [1.54, 1.807) is 20.8 Å². The summed E-state index contributed by atoms with van der Waals surface area (Å²) in [6.45, 7) is 7.33. The number of hydrogen-bond donors (Lipinski definition) is 1. The Balaban J connectivity index is 1.82. The van der Waals surface area contributed by atoms with E-state index in [1.807, 2.05) is 6.92 Å². The van der Waals surface area contributed by atoms with Crippen LogP contribution in [0.4, 0.5) is 4.79 Å². The zero-order valence-corrected chi connectivity index (χ0v) is 16.7. The van der Waals surface area contributed by atoms with Crippen LogP contribution >= 0.6 is 0 Å². The van der Waals surface area contributed by atoms with Crippen molar-refractivity contribution in [1.29, 1.82) is 0 Å². The number of aliphatic imine (C=N–C) groups is 1. The van der Waals surface area contributed by atoms with Gasteiger partial charge in [0.05, 0.1) is 5.41 Å². The van der Waals surface area contributed by atoms with E-state index in [-0.39, 0.29) is 12.6 Å². The molecule has 8 nitrogen and oxygen atoms in total. The van der Waals surface area contributed by atoms with E-state index < -0.39 is 29.6 Å². The predicted molar refractivity (Wildman–Crippen MR) is 99.8 cm³/mol. The molecule has 150 valence electrons. The topological polar surface area (TPSA) is 91.3 Å². The third-order valence-corrected chi connectivity index (χ3v) is 5.34. The summed E-state index contributed by atoms with van der Waals surface area (Å²) in [5.41, 5.74) is -0.663. The molecule has 1 N–H and O–H groups in total. The van der Waals surface area contributed by atoms with Gasteiger partial charge in [0, 0.05) is 12.5 Å². The number of fused-ring (bicyclic) bond motifs is 1. The van der Waals surface area contributed by atoms with Crippen molar-refractivity contribution in [3.63, 3.8) is 0 Å². The molecule has 27 heavy (non-hydrogen) atoms. The number of esters is 1. The van der Waals surface area contributed by atoms with Crippen molar-refractivity contribution in [1.82, 2.24) is 15.1 Å². The summed E-state index contributed by atoms with van der Waals surface area (Å²) in [5, 5.41) is 3.27. The first kappa shape index (κ1) is 19.6. The zero-order chi connectivity index (χ0) is 19.8. The normalized spacial score (nSPS) is 26.1. The Bertz CT molecular complexity index is 649. The molecule has 1 saturated carbocycles. The number of urea groups is 1. The summed E-state index contributed by atoms with van der Waals surface area (Å²) in [7, 11) is 0. The van der Waals surface area contributed by atoms with Crippen LogP contribution in [0.2, 0.25) is 0 Å². The van der Waals surface area contributed by atoms with Crippen molar-refractivity contribution in [2.75, 3.05) is 13.3 Å². The van der Waals surface area contributed by atoms with Crippen molar-refractivity contribution in [2.24, 2.45) is 16.3 Å². The van der Waals surface area contributed by atoms with Gasteiger partial charge in [0.25, 0.3) is 5.91 Å². The molecule has 3 amide bonds. The molecule has 2 unspecified atom stereocenters. The fourth-order valence-corrected chi connectivity index (χ4v) is 3.79. The zero-order valence-electron chi connectivity index (χ0n) is 16.7. The number of nitrogens with zero attached hydrogens (tertiary/aromatic N) is 3. The highest BCUT2D eigenvalue weighted by Gasteiger charge is 2.50. The highest BCUT2D eigenvalue weighted by atomic mass is 16.5. The monoisotopic (exact) mass is 378 g/mol. The Morgan fingerprint density at radius 3 is 2.52 bits per heavy atom. The van der Waals surface area contributed by atoms with Gasteiger partial charge in [-0.25, -0.2) is 9.79 Å². The fraction of sp³-hybridized carbons (Fsp3) is 0.789. The van der Waals surface area contributed by atoms with Gasteiger partial charge >= 0.3 is 12.0 Å². The van der Waals surface area contributed by atoms with Gasteiger partial charge in [-0.15, -0.1) is 0 Å². The molecule has 0 radical (unpaired) electrons. The van der Waals surface area contributed by atoms with Gasteiger partial charge in [0.15, 0.2) is 12.9 Å². The average Bonchev–Trinajstić information content (AvgIpc) is 3.26. The van der Waals surface area contributed by atoms with Crippen LogP contribution in [0.25, 0.3) is 0 Å². The molecule has 2 heterocycles.